The van der Waals surface area contributed by atoms with Crippen molar-refractivity contribution in [1.29, 1.82) is 0 Å². The van der Waals surface area contributed by atoms with Crippen molar-refractivity contribution >= 4 is 29.1 Å². The molecule has 0 heterocycles. The summed E-state index contributed by atoms with van der Waals surface area (Å²) < 4.78 is 0. The zero-order valence-corrected chi connectivity index (χ0v) is 11.8. The van der Waals surface area contributed by atoms with Gasteiger partial charge in [0.05, 0.1) is 17.1 Å². The van der Waals surface area contributed by atoms with E-state index in [0.29, 0.717) is 23.7 Å². The van der Waals surface area contributed by atoms with Gasteiger partial charge in [0.1, 0.15) is 0 Å². The van der Waals surface area contributed by atoms with E-state index in [4.69, 9.17) is 17.3 Å². The first-order valence-corrected chi connectivity index (χ1v) is 6.38. The van der Waals surface area contributed by atoms with Crippen LogP contribution >= 0.6 is 11.6 Å². The van der Waals surface area contributed by atoms with Gasteiger partial charge in [-0.3, -0.25) is 9.59 Å². The van der Waals surface area contributed by atoms with Crippen LogP contribution in [0.2, 0.25) is 5.02 Å². The fraction of sp³-hybridized carbons (Fsp3) is 0.385. The zero-order valence-electron chi connectivity index (χ0n) is 11.0. The molecule has 0 aromatic heterocycles. The van der Waals surface area contributed by atoms with Crippen molar-refractivity contribution in [2.75, 3.05) is 18.8 Å². The number of nitrogens with two attached hydrogens (primary N) is 1. The summed E-state index contributed by atoms with van der Waals surface area (Å²) >= 11 is 5.90. The van der Waals surface area contributed by atoms with Gasteiger partial charge >= 0.3 is 0 Å². The Kier molecular flexibility index (Phi) is 5.63. The highest BCUT2D eigenvalue weighted by molar-refractivity contribution is 6.34. The van der Waals surface area contributed by atoms with E-state index in [1.165, 1.54) is 12.1 Å². The van der Waals surface area contributed by atoms with E-state index < -0.39 is 5.91 Å². The number of nitrogens with one attached hydrogen (secondary N) is 2. The molecule has 6 heteroatoms. The Morgan fingerprint density at radius 2 is 2.00 bits per heavy atom. The van der Waals surface area contributed by atoms with Gasteiger partial charge in [-0.2, -0.15) is 0 Å². The van der Waals surface area contributed by atoms with Crippen molar-refractivity contribution in [3.8, 4) is 0 Å². The molecule has 1 aromatic carbocycles. The second-order valence-corrected chi connectivity index (χ2v) is 5.03. The summed E-state index contributed by atoms with van der Waals surface area (Å²) in [5.74, 6) is -0.260. The summed E-state index contributed by atoms with van der Waals surface area (Å²) in [6.07, 6.45) is 0. The molecular weight excluding hydrogens is 266 g/mol. The van der Waals surface area contributed by atoms with E-state index in [9.17, 15) is 9.59 Å². The van der Waals surface area contributed by atoms with Gasteiger partial charge in [-0.05, 0) is 24.1 Å². The van der Waals surface area contributed by atoms with Crippen molar-refractivity contribution in [1.82, 2.24) is 10.6 Å². The van der Waals surface area contributed by atoms with E-state index in [-0.39, 0.29) is 17.5 Å². The first-order chi connectivity index (χ1) is 8.90. The molecule has 0 spiro atoms. The van der Waals surface area contributed by atoms with Crippen LogP contribution in [0.5, 0.6) is 0 Å². The lowest BCUT2D eigenvalue weighted by molar-refractivity contribution is -0.120. The Morgan fingerprint density at radius 1 is 1.32 bits per heavy atom. The minimum atomic E-state index is -0.398. The van der Waals surface area contributed by atoms with Crippen LogP contribution in [0, 0.1) is 5.92 Å². The molecule has 1 aromatic rings. The number of hydrogen-bond donors (Lipinski definition) is 3. The number of carbonyl (C=O) groups excluding carboxylic acids is 2. The number of anilines is 1. The fourth-order valence-electron chi connectivity index (χ4n) is 1.35. The largest absolute Gasteiger partial charge is 0.399 e. The summed E-state index contributed by atoms with van der Waals surface area (Å²) in [5.41, 5.74) is 6.32. The SMILES string of the molecule is CC(C)CNC(=O)CNC(=O)c1ccc(N)cc1Cl. The molecule has 0 atom stereocenters. The molecule has 0 saturated heterocycles. The van der Waals surface area contributed by atoms with Gasteiger partial charge in [-0.25, -0.2) is 0 Å². The summed E-state index contributed by atoms with van der Waals surface area (Å²) in [5, 5.41) is 5.48. The molecule has 4 N–H and O–H groups in total. The van der Waals surface area contributed by atoms with Gasteiger partial charge in [0.15, 0.2) is 0 Å². The smallest absolute Gasteiger partial charge is 0.253 e. The quantitative estimate of drug-likeness (QED) is 0.715. The van der Waals surface area contributed by atoms with Crippen molar-refractivity contribution in [3.63, 3.8) is 0 Å². The maximum Gasteiger partial charge on any atom is 0.253 e. The van der Waals surface area contributed by atoms with Crippen LogP contribution in [0.1, 0.15) is 24.2 Å². The van der Waals surface area contributed by atoms with Crippen LogP contribution in [0.25, 0.3) is 0 Å². The number of rotatable bonds is 5. The van der Waals surface area contributed by atoms with Crippen LogP contribution in [0.3, 0.4) is 0 Å². The van der Waals surface area contributed by atoms with Gasteiger partial charge in [0, 0.05) is 12.2 Å². The number of halogens is 1. The van der Waals surface area contributed by atoms with E-state index >= 15 is 0 Å². The van der Waals surface area contributed by atoms with Crippen molar-refractivity contribution < 1.29 is 9.59 Å². The number of amides is 2. The summed E-state index contributed by atoms with van der Waals surface area (Å²) in [4.78, 5) is 23.2. The number of nitrogen functional groups attached to an aromatic ring is 1. The number of hydrogen-bond acceptors (Lipinski definition) is 3. The van der Waals surface area contributed by atoms with Gasteiger partial charge in [-0.15, -0.1) is 0 Å². The first-order valence-electron chi connectivity index (χ1n) is 6.00. The van der Waals surface area contributed by atoms with E-state index in [0.717, 1.165) is 0 Å². The molecule has 5 nitrogen and oxygen atoms in total. The predicted octanol–water partition coefficient (Wildman–Crippen LogP) is 1.42. The maximum absolute atomic E-state index is 11.8. The second kappa shape index (κ2) is 6.99. The van der Waals surface area contributed by atoms with Crippen molar-refractivity contribution in [2.45, 2.75) is 13.8 Å². The molecule has 0 aliphatic rings. The minimum absolute atomic E-state index is 0.0771. The third-order valence-electron chi connectivity index (χ3n) is 2.35. The van der Waals surface area contributed by atoms with Crippen LogP contribution < -0.4 is 16.4 Å². The van der Waals surface area contributed by atoms with Gasteiger partial charge in [-0.1, -0.05) is 25.4 Å². The standard InChI is InChI=1S/C13H18ClN3O2/c1-8(2)6-16-12(18)7-17-13(19)10-4-3-9(15)5-11(10)14/h3-5,8H,6-7,15H2,1-2H3,(H,16,18)(H,17,19). The Hall–Kier alpha value is -1.75. The van der Waals surface area contributed by atoms with Crippen LogP contribution in [0.4, 0.5) is 5.69 Å². The zero-order chi connectivity index (χ0) is 14.4. The lowest BCUT2D eigenvalue weighted by Crippen LogP contribution is -2.38. The van der Waals surface area contributed by atoms with Crippen LogP contribution in [-0.4, -0.2) is 24.9 Å². The number of benzene rings is 1. The fourth-order valence-corrected chi connectivity index (χ4v) is 1.63. The maximum atomic E-state index is 11.8. The molecule has 0 bridgehead atoms. The minimum Gasteiger partial charge on any atom is -0.399 e. The Labute approximate surface area is 117 Å². The molecule has 0 radical (unpaired) electrons. The van der Waals surface area contributed by atoms with Gasteiger partial charge in [0.2, 0.25) is 5.91 Å². The molecule has 0 fully saturated rings. The molecule has 19 heavy (non-hydrogen) atoms. The Bertz CT molecular complexity index is 475. The highest BCUT2D eigenvalue weighted by atomic mass is 35.5. The first kappa shape index (κ1) is 15.3. The molecule has 0 aliphatic heterocycles. The highest BCUT2D eigenvalue weighted by Crippen LogP contribution is 2.18. The monoisotopic (exact) mass is 283 g/mol. The van der Waals surface area contributed by atoms with Crippen molar-refractivity contribution in [3.05, 3.63) is 28.8 Å². The summed E-state index contributed by atoms with van der Waals surface area (Å²) in [6.45, 7) is 4.49. The lowest BCUT2D eigenvalue weighted by atomic mass is 10.2. The van der Waals surface area contributed by atoms with E-state index in [1.54, 1.807) is 6.07 Å². The molecule has 1 rings (SSSR count). The molecule has 0 saturated carbocycles. The molecule has 0 unspecified atom stereocenters. The molecule has 0 aliphatic carbocycles. The molecular formula is C13H18ClN3O2. The Balaban J connectivity index is 2.49. The lowest BCUT2D eigenvalue weighted by Gasteiger charge is -2.09. The topological polar surface area (TPSA) is 84.2 Å². The third kappa shape index (κ3) is 5.18. The summed E-state index contributed by atoms with van der Waals surface area (Å²) in [6, 6.07) is 4.61. The average Bonchev–Trinajstić information content (AvgIpc) is 2.33. The normalized spacial score (nSPS) is 10.3. The highest BCUT2D eigenvalue weighted by Gasteiger charge is 2.11. The van der Waals surface area contributed by atoms with E-state index in [2.05, 4.69) is 10.6 Å². The van der Waals surface area contributed by atoms with Gasteiger partial charge in [0.25, 0.3) is 5.91 Å². The average molecular weight is 284 g/mol. The predicted molar refractivity (Wildman–Crippen MR) is 76.0 cm³/mol. The Morgan fingerprint density at radius 3 is 2.58 bits per heavy atom. The van der Waals surface area contributed by atoms with Gasteiger partial charge < -0.3 is 16.4 Å². The van der Waals surface area contributed by atoms with Crippen molar-refractivity contribution in [2.24, 2.45) is 5.92 Å². The van der Waals surface area contributed by atoms with E-state index in [1.807, 2.05) is 13.8 Å². The summed E-state index contributed by atoms with van der Waals surface area (Å²) in [7, 11) is 0. The third-order valence-corrected chi connectivity index (χ3v) is 2.67. The molecule has 104 valence electrons. The number of carbonyl (C=O) groups is 2. The van der Waals surface area contributed by atoms with Crippen LogP contribution in [0.15, 0.2) is 18.2 Å². The van der Waals surface area contributed by atoms with Crippen LogP contribution in [-0.2, 0) is 4.79 Å². The molecule has 2 amide bonds. The second-order valence-electron chi connectivity index (χ2n) is 4.62.